The zero-order valence-corrected chi connectivity index (χ0v) is 14.2. The van der Waals surface area contributed by atoms with Crippen molar-refractivity contribution in [2.45, 2.75) is 32.4 Å². The maximum Gasteiger partial charge on any atom is 0.161 e. The molecule has 0 unspecified atom stereocenters. The summed E-state index contributed by atoms with van der Waals surface area (Å²) >= 11 is 0. The number of imidazole rings is 1. The van der Waals surface area contributed by atoms with Crippen LogP contribution in [0.2, 0.25) is 0 Å². The van der Waals surface area contributed by atoms with Gasteiger partial charge in [0.25, 0.3) is 0 Å². The molecule has 124 valence electrons. The first-order chi connectivity index (χ1) is 11.3. The molecule has 5 heteroatoms. The Morgan fingerprint density at radius 1 is 1.22 bits per heavy atom. The molecule has 0 bridgehead atoms. The molecule has 0 N–H and O–H groups in total. The number of rotatable bonds is 6. The fraction of sp³-hybridized carbons (Fsp3) is 0.500. The number of aromatic nitrogens is 2. The number of hydrogen-bond donors (Lipinski definition) is 0. The molecule has 2 heterocycles. The molecule has 5 nitrogen and oxygen atoms in total. The third-order valence-corrected chi connectivity index (χ3v) is 4.67. The van der Waals surface area contributed by atoms with Crippen LogP contribution in [-0.4, -0.2) is 47.8 Å². The molecule has 0 radical (unpaired) electrons. The quantitative estimate of drug-likeness (QED) is 0.821. The highest BCUT2D eigenvalue weighted by molar-refractivity contribution is 5.61. The Morgan fingerprint density at radius 2 is 2.04 bits per heavy atom. The van der Waals surface area contributed by atoms with Crippen molar-refractivity contribution < 1.29 is 9.47 Å². The van der Waals surface area contributed by atoms with Crippen LogP contribution in [0, 0.1) is 0 Å². The lowest BCUT2D eigenvalue weighted by Crippen LogP contribution is -2.32. The Balaban J connectivity index is 1.86. The van der Waals surface area contributed by atoms with Crippen LogP contribution in [0.4, 0.5) is 0 Å². The van der Waals surface area contributed by atoms with Crippen molar-refractivity contribution in [3.05, 3.63) is 30.6 Å². The van der Waals surface area contributed by atoms with Crippen LogP contribution >= 0.6 is 0 Å². The van der Waals surface area contributed by atoms with Gasteiger partial charge in [-0.3, -0.25) is 4.90 Å². The van der Waals surface area contributed by atoms with Gasteiger partial charge in [0.1, 0.15) is 5.82 Å². The van der Waals surface area contributed by atoms with Gasteiger partial charge in [0.15, 0.2) is 11.5 Å². The minimum absolute atomic E-state index is 0.605. The van der Waals surface area contributed by atoms with Gasteiger partial charge in [-0.15, -0.1) is 0 Å². The molecule has 1 saturated heterocycles. The molecule has 1 aliphatic rings. The second kappa shape index (κ2) is 7.04. The van der Waals surface area contributed by atoms with E-state index in [4.69, 9.17) is 9.47 Å². The largest absolute Gasteiger partial charge is 0.493 e. The molecule has 1 aromatic heterocycles. The zero-order chi connectivity index (χ0) is 16.2. The second-order valence-electron chi connectivity index (χ2n) is 5.90. The molecule has 0 saturated carbocycles. The first kappa shape index (κ1) is 15.9. The number of likely N-dealkylation sites (tertiary alicyclic amines) is 1. The van der Waals surface area contributed by atoms with E-state index < -0.39 is 0 Å². The predicted octanol–water partition coefficient (Wildman–Crippen LogP) is 3.05. The van der Waals surface area contributed by atoms with Crippen molar-refractivity contribution in [3.63, 3.8) is 0 Å². The minimum Gasteiger partial charge on any atom is -0.493 e. The molecule has 1 fully saturated rings. The van der Waals surface area contributed by atoms with Crippen LogP contribution in [0.5, 0.6) is 11.5 Å². The summed E-state index contributed by atoms with van der Waals surface area (Å²) in [5.41, 5.74) is 1.05. The summed E-state index contributed by atoms with van der Waals surface area (Å²) in [6.07, 6.45) is 6.49. The van der Waals surface area contributed by atoms with Gasteiger partial charge in [-0.05, 0) is 44.1 Å². The third-order valence-electron chi connectivity index (χ3n) is 4.67. The van der Waals surface area contributed by atoms with Crippen molar-refractivity contribution in [3.8, 4) is 22.9 Å². The average molecular weight is 315 g/mol. The predicted molar refractivity (Wildman–Crippen MR) is 91.0 cm³/mol. The number of ether oxygens (including phenoxy) is 2. The van der Waals surface area contributed by atoms with Crippen molar-refractivity contribution in [2.75, 3.05) is 27.3 Å². The Hall–Kier alpha value is -2.01. The highest BCUT2D eigenvalue weighted by Crippen LogP contribution is 2.32. The van der Waals surface area contributed by atoms with Crippen LogP contribution < -0.4 is 9.47 Å². The highest BCUT2D eigenvalue weighted by Gasteiger charge is 2.24. The van der Waals surface area contributed by atoms with E-state index in [0.29, 0.717) is 6.04 Å². The van der Waals surface area contributed by atoms with Gasteiger partial charge in [-0.2, -0.15) is 0 Å². The molecule has 2 aromatic rings. The molecule has 0 spiro atoms. The molecule has 1 aliphatic heterocycles. The Morgan fingerprint density at radius 3 is 2.78 bits per heavy atom. The van der Waals surface area contributed by atoms with E-state index in [9.17, 15) is 0 Å². The summed E-state index contributed by atoms with van der Waals surface area (Å²) < 4.78 is 13.0. The number of likely N-dealkylation sites (N-methyl/N-ethyl adjacent to an activating group) is 1. The highest BCUT2D eigenvalue weighted by atomic mass is 16.5. The Labute approximate surface area is 137 Å². The SMILES string of the molecule is CCN1CCC[C@@H]1Cn1ccnc1-c1ccc(OC)c(OC)c1. The van der Waals surface area contributed by atoms with E-state index >= 15 is 0 Å². The lowest BCUT2D eigenvalue weighted by molar-refractivity contribution is 0.245. The van der Waals surface area contributed by atoms with Crippen LogP contribution in [-0.2, 0) is 6.54 Å². The molecule has 1 aromatic carbocycles. The normalized spacial score (nSPS) is 18.3. The van der Waals surface area contributed by atoms with Gasteiger partial charge in [0.2, 0.25) is 0 Å². The molecule has 0 aliphatic carbocycles. The maximum absolute atomic E-state index is 5.41. The summed E-state index contributed by atoms with van der Waals surface area (Å²) in [4.78, 5) is 7.11. The number of benzene rings is 1. The summed E-state index contributed by atoms with van der Waals surface area (Å²) in [5.74, 6) is 2.45. The van der Waals surface area contributed by atoms with Crippen molar-refractivity contribution in [2.24, 2.45) is 0 Å². The van der Waals surface area contributed by atoms with E-state index in [2.05, 4.69) is 27.6 Å². The summed E-state index contributed by atoms with van der Waals surface area (Å²) in [5, 5.41) is 0. The Bertz CT molecular complexity index is 653. The lowest BCUT2D eigenvalue weighted by atomic mass is 10.1. The van der Waals surface area contributed by atoms with E-state index in [1.165, 1.54) is 19.4 Å². The van der Waals surface area contributed by atoms with Crippen LogP contribution in [0.15, 0.2) is 30.6 Å². The summed E-state index contributed by atoms with van der Waals surface area (Å²) in [6.45, 7) is 5.55. The molecular formula is C18H25N3O2. The molecule has 1 atom stereocenters. The second-order valence-corrected chi connectivity index (χ2v) is 5.90. The number of hydrogen-bond acceptors (Lipinski definition) is 4. The first-order valence-corrected chi connectivity index (χ1v) is 8.24. The van der Waals surface area contributed by atoms with E-state index in [1.54, 1.807) is 14.2 Å². The van der Waals surface area contributed by atoms with E-state index in [-0.39, 0.29) is 0 Å². The fourth-order valence-corrected chi connectivity index (χ4v) is 3.44. The molecule has 23 heavy (non-hydrogen) atoms. The van der Waals surface area contributed by atoms with E-state index in [0.717, 1.165) is 36.0 Å². The van der Waals surface area contributed by atoms with Gasteiger partial charge in [0.05, 0.1) is 14.2 Å². The molecule has 3 rings (SSSR count). The van der Waals surface area contributed by atoms with Crippen LogP contribution in [0.1, 0.15) is 19.8 Å². The molecular weight excluding hydrogens is 290 g/mol. The summed E-state index contributed by atoms with van der Waals surface area (Å²) in [7, 11) is 3.31. The Kier molecular flexibility index (Phi) is 4.86. The van der Waals surface area contributed by atoms with Crippen molar-refractivity contribution in [1.29, 1.82) is 0 Å². The summed E-state index contributed by atoms with van der Waals surface area (Å²) in [6, 6.07) is 6.56. The minimum atomic E-state index is 0.605. The number of nitrogens with zero attached hydrogens (tertiary/aromatic N) is 3. The lowest BCUT2D eigenvalue weighted by Gasteiger charge is -2.23. The topological polar surface area (TPSA) is 39.5 Å². The van der Waals surface area contributed by atoms with Gasteiger partial charge in [-0.1, -0.05) is 6.92 Å². The van der Waals surface area contributed by atoms with Crippen molar-refractivity contribution >= 4 is 0 Å². The standard InChI is InChI=1S/C18H25N3O2/c1-4-20-10-5-6-15(20)13-21-11-9-19-18(21)14-7-8-16(22-2)17(12-14)23-3/h7-9,11-12,15H,4-6,10,13H2,1-3H3/t15-/m1/s1. The van der Waals surface area contributed by atoms with Crippen LogP contribution in [0.25, 0.3) is 11.4 Å². The van der Waals surface area contributed by atoms with E-state index in [1.807, 2.05) is 24.4 Å². The zero-order valence-electron chi connectivity index (χ0n) is 14.2. The van der Waals surface area contributed by atoms with Crippen molar-refractivity contribution in [1.82, 2.24) is 14.5 Å². The third kappa shape index (κ3) is 3.20. The maximum atomic E-state index is 5.41. The number of methoxy groups -OCH3 is 2. The molecule has 0 amide bonds. The monoisotopic (exact) mass is 315 g/mol. The first-order valence-electron chi connectivity index (χ1n) is 8.24. The van der Waals surface area contributed by atoms with Gasteiger partial charge in [-0.25, -0.2) is 4.98 Å². The van der Waals surface area contributed by atoms with Gasteiger partial charge >= 0.3 is 0 Å². The van der Waals surface area contributed by atoms with Gasteiger partial charge < -0.3 is 14.0 Å². The van der Waals surface area contributed by atoms with Crippen LogP contribution in [0.3, 0.4) is 0 Å². The van der Waals surface area contributed by atoms with Gasteiger partial charge in [0, 0.05) is 30.5 Å². The fourth-order valence-electron chi connectivity index (χ4n) is 3.44. The average Bonchev–Trinajstić information content (AvgIpc) is 3.23. The smallest absolute Gasteiger partial charge is 0.161 e.